The number of nitrogens with zero attached hydrogens (tertiary/aromatic N) is 4. The van der Waals surface area contributed by atoms with Crippen molar-refractivity contribution in [1.82, 2.24) is 9.88 Å². The highest BCUT2D eigenvalue weighted by Crippen LogP contribution is 2.32. The number of anilines is 5. The standard InChI is InChI=1S/C23H26N6O2S/c1-16(30)28-9-11-29(12-10-28)18-7-5-17(6-8-18)26-21-14-20(19(15-25-21)23(24)31)27(2)22-4-3-13-32-22/h3-8,13-15H,9-12H2,1-2H3,(H2,24,31)(H,25,26). The van der Waals surface area contributed by atoms with Crippen molar-refractivity contribution in [2.45, 2.75) is 6.92 Å². The van der Waals surface area contributed by atoms with Crippen molar-refractivity contribution >= 4 is 51.0 Å². The highest BCUT2D eigenvalue weighted by Gasteiger charge is 2.19. The third kappa shape index (κ3) is 4.67. The van der Waals surface area contributed by atoms with E-state index in [0.717, 1.165) is 42.6 Å². The van der Waals surface area contributed by atoms with E-state index in [1.165, 1.54) is 6.20 Å². The van der Waals surface area contributed by atoms with Crippen LogP contribution in [0.25, 0.3) is 0 Å². The molecular weight excluding hydrogens is 424 g/mol. The minimum Gasteiger partial charge on any atom is -0.368 e. The quantitative estimate of drug-likeness (QED) is 0.598. The van der Waals surface area contributed by atoms with Gasteiger partial charge in [0.25, 0.3) is 5.91 Å². The summed E-state index contributed by atoms with van der Waals surface area (Å²) in [5.41, 5.74) is 8.64. The Morgan fingerprint density at radius 2 is 1.84 bits per heavy atom. The molecule has 4 rings (SSSR count). The molecule has 9 heteroatoms. The normalized spacial score (nSPS) is 13.7. The van der Waals surface area contributed by atoms with Crippen LogP contribution in [0.4, 0.5) is 27.9 Å². The predicted molar refractivity (Wildman–Crippen MR) is 129 cm³/mol. The molecular formula is C23H26N6O2S. The molecule has 1 aliphatic rings. The number of carbonyl (C=O) groups is 2. The van der Waals surface area contributed by atoms with Crippen molar-refractivity contribution < 1.29 is 9.59 Å². The van der Waals surface area contributed by atoms with E-state index in [0.29, 0.717) is 17.1 Å². The Morgan fingerprint density at radius 3 is 2.44 bits per heavy atom. The maximum Gasteiger partial charge on any atom is 0.252 e. The molecule has 0 radical (unpaired) electrons. The molecule has 1 aromatic carbocycles. The van der Waals surface area contributed by atoms with E-state index in [1.807, 2.05) is 52.6 Å². The van der Waals surface area contributed by atoms with E-state index in [-0.39, 0.29) is 5.91 Å². The molecule has 0 unspecified atom stereocenters. The van der Waals surface area contributed by atoms with Gasteiger partial charge in [-0.2, -0.15) is 0 Å². The van der Waals surface area contributed by atoms with Gasteiger partial charge in [-0.1, -0.05) is 0 Å². The molecule has 8 nitrogen and oxygen atoms in total. The zero-order chi connectivity index (χ0) is 22.7. The fraction of sp³-hybridized carbons (Fsp3) is 0.261. The molecule has 0 saturated carbocycles. The van der Waals surface area contributed by atoms with Gasteiger partial charge in [0.15, 0.2) is 0 Å². The van der Waals surface area contributed by atoms with Crippen LogP contribution in [0.3, 0.4) is 0 Å². The molecule has 0 atom stereocenters. The molecule has 2 aromatic heterocycles. The number of hydrogen-bond donors (Lipinski definition) is 2. The number of rotatable bonds is 6. The number of nitrogens with two attached hydrogens (primary N) is 1. The number of thiophene rings is 1. The zero-order valence-corrected chi connectivity index (χ0v) is 18.9. The first kappa shape index (κ1) is 21.6. The molecule has 1 aliphatic heterocycles. The topological polar surface area (TPSA) is 94.8 Å². The second-order valence-electron chi connectivity index (χ2n) is 7.63. The van der Waals surface area contributed by atoms with Crippen molar-refractivity contribution in [2.24, 2.45) is 5.73 Å². The minimum atomic E-state index is -0.517. The highest BCUT2D eigenvalue weighted by atomic mass is 32.1. The van der Waals surface area contributed by atoms with Gasteiger partial charge in [0.2, 0.25) is 5.91 Å². The molecule has 1 fully saturated rings. The van der Waals surface area contributed by atoms with Crippen molar-refractivity contribution in [2.75, 3.05) is 48.3 Å². The summed E-state index contributed by atoms with van der Waals surface area (Å²) >= 11 is 1.58. The van der Waals surface area contributed by atoms with E-state index in [2.05, 4.69) is 27.3 Å². The van der Waals surface area contributed by atoms with E-state index >= 15 is 0 Å². The van der Waals surface area contributed by atoms with E-state index < -0.39 is 5.91 Å². The third-order valence-electron chi connectivity index (χ3n) is 5.58. The van der Waals surface area contributed by atoms with Crippen LogP contribution in [0.2, 0.25) is 0 Å². The monoisotopic (exact) mass is 450 g/mol. The van der Waals surface area contributed by atoms with Crippen LogP contribution in [-0.2, 0) is 4.79 Å². The van der Waals surface area contributed by atoms with Crippen molar-refractivity contribution in [3.63, 3.8) is 0 Å². The van der Waals surface area contributed by atoms with Crippen LogP contribution in [0, 0.1) is 0 Å². The van der Waals surface area contributed by atoms with Crippen LogP contribution in [0.1, 0.15) is 17.3 Å². The van der Waals surface area contributed by atoms with Gasteiger partial charge in [-0.05, 0) is 41.8 Å². The lowest BCUT2D eigenvalue weighted by atomic mass is 10.2. The number of aromatic nitrogens is 1. The van der Waals surface area contributed by atoms with Crippen molar-refractivity contribution in [1.29, 1.82) is 0 Å². The van der Waals surface area contributed by atoms with Crippen LogP contribution < -0.4 is 20.9 Å². The summed E-state index contributed by atoms with van der Waals surface area (Å²) in [6.45, 7) is 4.74. The lowest BCUT2D eigenvalue weighted by Gasteiger charge is -2.35. The molecule has 0 bridgehead atoms. The number of pyridine rings is 1. The summed E-state index contributed by atoms with van der Waals surface area (Å²) in [4.78, 5) is 33.9. The Morgan fingerprint density at radius 1 is 1.12 bits per heavy atom. The fourth-order valence-electron chi connectivity index (χ4n) is 3.74. The van der Waals surface area contributed by atoms with Gasteiger partial charge in [-0.3, -0.25) is 9.59 Å². The first-order valence-electron chi connectivity index (χ1n) is 10.4. The Balaban J connectivity index is 1.49. The van der Waals surface area contributed by atoms with E-state index in [9.17, 15) is 9.59 Å². The second-order valence-corrected chi connectivity index (χ2v) is 8.55. The smallest absolute Gasteiger partial charge is 0.252 e. The van der Waals surface area contributed by atoms with Gasteiger partial charge in [-0.15, -0.1) is 11.3 Å². The molecule has 0 aliphatic carbocycles. The summed E-state index contributed by atoms with van der Waals surface area (Å²) in [5.74, 6) is 0.232. The molecule has 166 valence electrons. The maximum absolute atomic E-state index is 11.9. The Labute approximate surface area is 191 Å². The highest BCUT2D eigenvalue weighted by molar-refractivity contribution is 7.14. The van der Waals surface area contributed by atoms with Crippen LogP contribution >= 0.6 is 11.3 Å². The largest absolute Gasteiger partial charge is 0.368 e. The predicted octanol–water partition coefficient (Wildman–Crippen LogP) is 3.42. The number of primary amides is 1. The molecule has 0 spiro atoms. The number of benzene rings is 1. The van der Waals surface area contributed by atoms with Crippen molar-refractivity contribution in [3.05, 3.63) is 59.6 Å². The summed E-state index contributed by atoms with van der Waals surface area (Å²) in [6, 6.07) is 13.9. The number of hydrogen-bond acceptors (Lipinski definition) is 7. The molecule has 3 N–H and O–H groups in total. The van der Waals surface area contributed by atoms with Crippen LogP contribution in [0.5, 0.6) is 0 Å². The molecule has 32 heavy (non-hydrogen) atoms. The minimum absolute atomic E-state index is 0.128. The average Bonchev–Trinajstić information content (AvgIpc) is 3.34. The summed E-state index contributed by atoms with van der Waals surface area (Å²) in [6.07, 6.45) is 1.51. The van der Waals surface area contributed by atoms with Crippen LogP contribution in [0.15, 0.2) is 54.0 Å². The number of amides is 2. The number of carbonyl (C=O) groups excluding carboxylic acids is 2. The summed E-state index contributed by atoms with van der Waals surface area (Å²) in [7, 11) is 1.90. The Bertz CT molecular complexity index is 1090. The first-order chi connectivity index (χ1) is 15.4. The Kier molecular flexibility index (Phi) is 6.27. The summed E-state index contributed by atoms with van der Waals surface area (Å²) in [5, 5.41) is 6.29. The molecule has 1 saturated heterocycles. The number of piperazine rings is 1. The lowest BCUT2D eigenvalue weighted by Crippen LogP contribution is -2.48. The van der Waals surface area contributed by atoms with Crippen LogP contribution in [-0.4, -0.2) is 54.9 Å². The van der Waals surface area contributed by atoms with Gasteiger partial charge in [0, 0.05) is 63.8 Å². The zero-order valence-electron chi connectivity index (χ0n) is 18.1. The van der Waals surface area contributed by atoms with Crippen molar-refractivity contribution in [3.8, 4) is 0 Å². The van der Waals surface area contributed by atoms with Gasteiger partial charge < -0.3 is 25.8 Å². The van der Waals surface area contributed by atoms with Gasteiger partial charge in [0.1, 0.15) is 5.82 Å². The molecule has 2 amide bonds. The van der Waals surface area contributed by atoms with E-state index in [1.54, 1.807) is 18.3 Å². The Hall–Kier alpha value is -3.59. The maximum atomic E-state index is 11.9. The third-order valence-corrected chi connectivity index (χ3v) is 6.52. The average molecular weight is 451 g/mol. The molecule has 3 aromatic rings. The van der Waals surface area contributed by atoms with E-state index in [4.69, 9.17) is 5.73 Å². The first-order valence-corrected chi connectivity index (χ1v) is 11.2. The lowest BCUT2D eigenvalue weighted by molar-refractivity contribution is -0.129. The SMILES string of the molecule is CC(=O)N1CCN(c2ccc(Nc3cc(N(C)c4cccs4)c(C(N)=O)cn3)cc2)CC1. The fourth-order valence-corrected chi connectivity index (χ4v) is 4.45. The van der Waals surface area contributed by atoms with Gasteiger partial charge >= 0.3 is 0 Å². The second kappa shape index (κ2) is 9.27. The number of nitrogens with one attached hydrogen (secondary N) is 1. The van der Waals surface area contributed by atoms with Gasteiger partial charge in [0.05, 0.1) is 16.3 Å². The van der Waals surface area contributed by atoms with Gasteiger partial charge in [-0.25, -0.2) is 4.98 Å². The molecule has 3 heterocycles. The summed E-state index contributed by atoms with van der Waals surface area (Å²) < 4.78 is 0.